The van der Waals surface area contributed by atoms with Crippen molar-refractivity contribution in [1.29, 1.82) is 0 Å². The summed E-state index contributed by atoms with van der Waals surface area (Å²) in [4.78, 5) is 30.0. The molecule has 3 aliphatic rings. The number of pyridine rings is 2. The van der Waals surface area contributed by atoms with Gasteiger partial charge < -0.3 is 21.3 Å². The van der Waals surface area contributed by atoms with E-state index in [1.165, 1.54) is 0 Å². The zero-order valence-corrected chi connectivity index (χ0v) is 25.2. The predicted molar refractivity (Wildman–Crippen MR) is 173 cm³/mol. The molecule has 2 saturated heterocycles. The van der Waals surface area contributed by atoms with Gasteiger partial charge in [-0.15, -0.1) is 0 Å². The summed E-state index contributed by atoms with van der Waals surface area (Å²) in [5, 5.41) is 0. The lowest BCUT2D eigenvalue weighted by Gasteiger charge is -2.47. The molecule has 228 valence electrons. The summed E-state index contributed by atoms with van der Waals surface area (Å²) in [6, 6.07) is 21.1. The maximum atomic E-state index is 16.3. The summed E-state index contributed by atoms with van der Waals surface area (Å²) in [5.41, 5.74) is 18.1. The summed E-state index contributed by atoms with van der Waals surface area (Å²) >= 11 is 0. The van der Waals surface area contributed by atoms with Gasteiger partial charge in [-0.3, -0.25) is 9.36 Å². The van der Waals surface area contributed by atoms with Crippen LogP contribution in [-0.4, -0.2) is 56.5 Å². The minimum Gasteiger partial charge on any atom is -0.383 e. The minimum absolute atomic E-state index is 0.0417. The number of likely N-dealkylation sites (tertiary alicyclic amines) is 1. The Bertz CT molecular complexity index is 1960. The quantitative estimate of drug-likeness (QED) is 0.281. The third-order valence-electron chi connectivity index (χ3n) is 10.1. The molecule has 1 spiro atoms. The van der Waals surface area contributed by atoms with Crippen LogP contribution in [-0.2, 0) is 10.3 Å². The number of amides is 1. The topological polar surface area (TPSA) is 119 Å². The third kappa shape index (κ3) is 4.46. The summed E-state index contributed by atoms with van der Waals surface area (Å²) in [5.74, 6) is 0.766. The monoisotopic (exact) mass is 602 g/mol. The molecule has 9 nitrogen and oxygen atoms in total. The molecule has 4 N–H and O–H groups in total. The molecule has 0 atom stereocenters. The van der Waals surface area contributed by atoms with Gasteiger partial charge in [0.1, 0.15) is 11.3 Å². The van der Waals surface area contributed by atoms with E-state index in [4.69, 9.17) is 21.4 Å². The van der Waals surface area contributed by atoms with Gasteiger partial charge >= 0.3 is 0 Å². The highest BCUT2D eigenvalue weighted by atomic mass is 19.1. The molecule has 8 rings (SSSR count). The van der Waals surface area contributed by atoms with Crippen molar-refractivity contribution in [2.45, 2.75) is 38.1 Å². The zero-order chi connectivity index (χ0) is 30.9. The molecular weight excluding hydrogens is 567 g/mol. The number of fused-ring (bicyclic) bond motifs is 1. The number of nitrogens with two attached hydrogens (primary N) is 2. The molecule has 3 fully saturated rings. The first kappa shape index (κ1) is 27.7. The van der Waals surface area contributed by atoms with Gasteiger partial charge in [0.05, 0.1) is 16.9 Å². The average molecular weight is 603 g/mol. The van der Waals surface area contributed by atoms with Gasteiger partial charge in [0, 0.05) is 61.5 Å². The van der Waals surface area contributed by atoms with Crippen LogP contribution in [0.2, 0.25) is 0 Å². The molecule has 10 heteroatoms. The Hall–Kier alpha value is -4.83. The van der Waals surface area contributed by atoms with Crippen LogP contribution in [0.3, 0.4) is 0 Å². The Morgan fingerprint density at radius 2 is 1.69 bits per heavy atom. The molecule has 5 aromatic rings. The minimum atomic E-state index is -0.301. The third-order valence-corrected chi connectivity index (χ3v) is 10.1. The van der Waals surface area contributed by atoms with Crippen molar-refractivity contribution in [1.82, 2.24) is 24.4 Å². The Morgan fingerprint density at radius 1 is 0.911 bits per heavy atom. The normalized spacial score (nSPS) is 18.3. The first-order valence-corrected chi connectivity index (χ1v) is 15.5. The fraction of sp³-hybridized carbons (Fsp3) is 0.314. The van der Waals surface area contributed by atoms with Gasteiger partial charge in [-0.2, -0.15) is 0 Å². The van der Waals surface area contributed by atoms with Gasteiger partial charge in [0.2, 0.25) is 5.91 Å². The number of carbonyl (C=O) groups is 1. The summed E-state index contributed by atoms with van der Waals surface area (Å²) in [7, 11) is 0. The van der Waals surface area contributed by atoms with Gasteiger partial charge in [-0.1, -0.05) is 18.2 Å². The van der Waals surface area contributed by atoms with Crippen LogP contribution in [0.25, 0.3) is 39.5 Å². The van der Waals surface area contributed by atoms with E-state index in [-0.39, 0.29) is 22.7 Å². The molecule has 3 aromatic heterocycles. The number of anilines is 2. The van der Waals surface area contributed by atoms with E-state index in [9.17, 15) is 4.79 Å². The lowest BCUT2D eigenvalue weighted by molar-refractivity contribution is -0.139. The van der Waals surface area contributed by atoms with Crippen LogP contribution < -0.4 is 16.4 Å². The van der Waals surface area contributed by atoms with Crippen LogP contribution in [0.5, 0.6) is 0 Å². The second-order valence-electron chi connectivity index (χ2n) is 13.0. The number of aromatic nitrogens is 4. The van der Waals surface area contributed by atoms with Crippen molar-refractivity contribution in [3.8, 4) is 28.3 Å². The van der Waals surface area contributed by atoms with Gasteiger partial charge in [0.15, 0.2) is 17.3 Å². The van der Waals surface area contributed by atoms with E-state index < -0.39 is 0 Å². The molecule has 5 heterocycles. The van der Waals surface area contributed by atoms with Crippen LogP contribution in [0, 0.1) is 11.2 Å². The van der Waals surface area contributed by atoms with E-state index in [1.807, 2.05) is 58.0 Å². The summed E-state index contributed by atoms with van der Waals surface area (Å²) in [6.45, 7) is 4.55. The first-order chi connectivity index (χ1) is 21.7. The highest BCUT2D eigenvalue weighted by molar-refractivity contribution is 5.85. The van der Waals surface area contributed by atoms with E-state index in [2.05, 4.69) is 22.0 Å². The van der Waals surface area contributed by atoms with Crippen molar-refractivity contribution in [2.75, 3.05) is 36.8 Å². The van der Waals surface area contributed by atoms with E-state index >= 15 is 4.39 Å². The standard InChI is InChI=1S/C35H35FN8O/c1-22(45)43-20-34(21-43)16-18-42(19-34)29-7-2-5-25(30(29)36)27-12-13-28-33(40-27)44(32(41-28)26-6-3-17-39-31(26)37)24-10-8-23(9-11-24)35(38)14-4-15-35/h2-3,5-13,17H,4,14-16,18-21,38H2,1H3,(H2,37,39). The molecule has 1 saturated carbocycles. The lowest BCUT2D eigenvalue weighted by Crippen LogP contribution is -2.59. The molecule has 1 amide bonds. The van der Waals surface area contributed by atoms with Gasteiger partial charge in [-0.05, 0) is 79.8 Å². The molecule has 2 aromatic carbocycles. The number of benzene rings is 2. The van der Waals surface area contributed by atoms with Crippen molar-refractivity contribution < 1.29 is 9.18 Å². The second kappa shape index (κ2) is 10.1. The van der Waals surface area contributed by atoms with E-state index in [1.54, 1.807) is 19.2 Å². The Morgan fingerprint density at radius 3 is 2.40 bits per heavy atom. The van der Waals surface area contributed by atoms with Crippen molar-refractivity contribution in [2.24, 2.45) is 11.1 Å². The maximum Gasteiger partial charge on any atom is 0.219 e. The van der Waals surface area contributed by atoms with Crippen molar-refractivity contribution in [3.63, 3.8) is 0 Å². The van der Waals surface area contributed by atoms with Gasteiger partial charge in [-0.25, -0.2) is 19.3 Å². The molecule has 2 aliphatic heterocycles. The number of rotatable bonds is 5. The molecule has 1 aliphatic carbocycles. The number of halogens is 1. The number of imidazole rings is 1. The average Bonchev–Trinajstić information content (AvgIpc) is 3.62. The van der Waals surface area contributed by atoms with Crippen molar-refractivity contribution in [3.05, 3.63) is 84.3 Å². The molecule has 0 unspecified atom stereocenters. The smallest absolute Gasteiger partial charge is 0.219 e. The highest BCUT2D eigenvalue weighted by Crippen LogP contribution is 2.43. The van der Waals surface area contributed by atoms with Crippen molar-refractivity contribution >= 4 is 28.6 Å². The van der Waals surface area contributed by atoms with Crippen LogP contribution in [0.4, 0.5) is 15.9 Å². The van der Waals surface area contributed by atoms with Crippen LogP contribution in [0.15, 0.2) is 72.9 Å². The van der Waals surface area contributed by atoms with Gasteiger partial charge in [0.25, 0.3) is 0 Å². The molecule has 45 heavy (non-hydrogen) atoms. The zero-order valence-electron chi connectivity index (χ0n) is 25.2. The lowest BCUT2D eigenvalue weighted by atomic mass is 9.73. The first-order valence-electron chi connectivity index (χ1n) is 15.5. The van der Waals surface area contributed by atoms with E-state index in [0.717, 1.165) is 63.1 Å². The number of nitrogen functional groups attached to an aromatic ring is 1. The Kier molecular flexibility index (Phi) is 6.22. The SMILES string of the molecule is CC(=O)N1CC2(CCN(c3cccc(-c4ccc5nc(-c6cccnc6N)n(-c6ccc(C7(N)CCC7)cc6)c5n4)c3F)C2)C1. The number of nitrogens with zero attached hydrogens (tertiary/aromatic N) is 6. The largest absolute Gasteiger partial charge is 0.383 e. The van der Waals surface area contributed by atoms with E-state index in [0.29, 0.717) is 45.3 Å². The fourth-order valence-electron chi connectivity index (χ4n) is 7.27. The predicted octanol–water partition coefficient (Wildman–Crippen LogP) is 5.27. The van der Waals surface area contributed by atoms with Crippen LogP contribution in [0.1, 0.15) is 38.2 Å². The Balaban J connectivity index is 1.20. The fourth-order valence-corrected chi connectivity index (χ4v) is 7.27. The molecule has 0 radical (unpaired) electrons. The number of carbonyl (C=O) groups excluding carboxylic acids is 1. The summed E-state index contributed by atoms with van der Waals surface area (Å²) in [6.07, 6.45) is 5.67. The highest BCUT2D eigenvalue weighted by Gasteiger charge is 2.49. The summed E-state index contributed by atoms with van der Waals surface area (Å²) < 4.78 is 18.3. The number of hydrogen-bond acceptors (Lipinski definition) is 7. The molecular formula is C35H35FN8O. The van der Waals surface area contributed by atoms with Crippen LogP contribution >= 0.6 is 0 Å². The Labute approximate surface area is 260 Å². The second-order valence-corrected chi connectivity index (χ2v) is 13.0. The number of hydrogen-bond donors (Lipinski definition) is 2. The maximum absolute atomic E-state index is 16.3. The molecule has 0 bridgehead atoms.